The zero-order valence-corrected chi connectivity index (χ0v) is 33.7. The van der Waals surface area contributed by atoms with Gasteiger partial charge in [-0.1, -0.05) is 25.0 Å². The first kappa shape index (κ1) is 41.3. The number of piperidine rings is 2. The number of likely N-dealkylation sites (tertiary alicyclic amines) is 1. The van der Waals surface area contributed by atoms with Crippen LogP contribution >= 0.6 is 11.8 Å². The van der Waals surface area contributed by atoms with E-state index in [1.165, 1.54) is 17.8 Å². The number of piperazine rings is 1. The molecule has 308 valence electrons. The average molecular weight is 821 g/mol. The molecule has 3 fully saturated rings. The fraction of sp³-hybridized carbons (Fsp3) is 0.419. The maximum Gasteiger partial charge on any atom is 0.263 e. The SMILES string of the molecule is O=C(/C=C/c1cccnc1)NCCCCC1CCN(C(=O)c2ccc(N3CCN(C(=O)CCSc4cccc5c4C(=O)N(C4CCC(=O)NC4=O)C5=O)CC3)nc2)CC1. The summed E-state index contributed by atoms with van der Waals surface area (Å²) in [5, 5.41) is 5.15. The molecule has 0 radical (unpaired) electrons. The summed E-state index contributed by atoms with van der Waals surface area (Å²) in [4.78, 5) is 105. The second-order valence-electron chi connectivity index (χ2n) is 15.1. The summed E-state index contributed by atoms with van der Waals surface area (Å²) >= 11 is 1.32. The van der Waals surface area contributed by atoms with E-state index in [1.54, 1.807) is 42.9 Å². The number of carbonyl (C=O) groups excluding carboxylic acids is 7. The van der Waals surface area contributed by atoms with Crippen LogP contribution in [0.15, 0.2) is 72.0 Å². The number of hydrogen-bond acceptors (Lipinski definition) is 11. The van der Waals surface area contributed by atoms with E-state index in [0.717, 1.165) is 48.4 Å². The van der Waals surface area contributed by atoms with Crippen molar-refractivity contribution in [1.29, 1.82) is 0 Å². The van der Waals surface area contributed by atoms with Crippen LogP contribution in [0, 0.1) is 5.92 Å². The molecule has 16 heteroatoms. The number of rotatable bonds is 14. The Morgan fingerprint density at radius 1 is 0.864 bits per heavy atom. The van der Waals surface area contributed by atoms with Crippen molar-refractivity contribution >= 4 is 65.0 Å². The third-order valence-corrected chi connectivity index (χ3v) is 12.4. The van der Waals surface area contributed by atoms with Crippen molar-refractivity contribution in [2.75, 3.05) is 56.5 Å². The van der Waals surface area contributed by atoms with Gasteiger partial charge in [0, 0.05) is 94.0 Å². The first-order chi connectivity index (χ1) is 28.7. The predicted octanol–water partition coefficient (Wildman–Crippen LogP) is 3.56. The number of aromatic nitrogens is 2. The minimum Gasteiger partial charge on any atom is -0.353 e. The summed E-state index contributed by atoms with van der Waals surface area (Å²) < 4.78 is 0. The van der Waals surface area contributed by atoms with E-state index in [9.17, 15) is 33.6 Å². The van der Waals surface area contributed by atoms with Crippen LogP contribution in [0.5, 0.6) is 0 Å². The number of amides is 7. The molecule has 6 heterocycles. The molecule has 2 aromatic heterocycles. The number of unbranched alkanes of at least 4 members (excludes halogenated alkanes) is 1. The maximum absolute atomic E-state index is 13.4. The first-order valence-corrected chi connectivity index (χ1v) is 21.3. The monoisotopic (exact) mass is 820 g/mol. The number of anilines is 1. The van der Waals surface area contributed by atoms with Gasteiger partial charge in [0.1, 0.15) is 11.9 Å². The molecule has 1 atom stereocenters. The predicted molar refractivity (Wildman–Crippen MR) is 220 cm³/mol. The summed E-state index contributed by atoms with van der Waals surface area (Å²) in [6, 6.07) is 11.4. The van der Waals surface area contributed by atoms with Crippen molar-refractivity contribution in [3.05, 3.63) is 89.4 Å². The highest BCUT2D eigenvalue weighted by Crippen LogP contribution is 2.35. The van der Waals surface area contributed by atoms with E-state index in [2.05, 4.69) is 25.5 Å². The number of pyridine rings is 2. The highest BCUT2D eigenvalue weighted by molar-refractivity contribution is 7.99. The van der Waals surface area contributed by atoms with E-state index < -0.39 is 29.7 Å². The quantitative estimate of drug-likeness (QED) is 0.105. The van der Waals surface area contributed by atoms with Crippen LogP contribution in [-0.2, 0) is 19.2 Å². The Kier molecular flexibility index (Phi) is 13.5. The van der Waals surface area contributed by atoms with Crippen molar-refractivity contribution in [3.63, 3.8) is 0 Å². The number of carbonyl (C=O) groups is 7. The van der Waals surface area contributed by atoms with Gasteiger partial charge in [0.25, 0.3) is 17.7 Å². The number of nitrogens with zero attached hydrogens (tertiary/aromatic N) is 6. The number of nitrogens with one attached hydrogen (secondary N) is 2. The standard InChI is InChI=1S/C43H48N8O7S/c52-36(13-9-30-6-4-18-44-27-30)45-19-2-1-5-29-15-20-50(21-16-29)41(56)31-10-12-35(46-28-31)48-22-24-49(25-23-48)38(54)17-26-59-34-8-3-7-32-39(34)43(58)51(42(32)57)33-11-14-37(53)47-40(33)55/h3-4,6-10,12-13,18,27-29,33H,1-2,5,11,14-17,19-26H2,(H,45,52)(H,47,53,55)/b13-9+. The summed E-state index contributed by atoms with van der Waals surface area (Å²) in [5.74, 6) is -0.618. The van der Waals surface area contributed by atoms with Gasteiger partial charge in [0.05, 0.1) is 16.7 Å². The number of fused-ring (bicyclic) bond motifs is 1. The van der Waals surface area contributed by atoms with E-state index in [4.69, 9.17) is 0 Å². The smallest absolute Gasteiger partial charge is 0.263 e. The van der Waals surface area contributed by atoms with Crippen molar-refractivity contribution in [3.8, 4) is 0 Å². The van der Waals surface area contributed by atoms with Crippen molar-refractivity contribution in [2.45, 2.75) is 62.3 Å². The van der Waals surface area contributed by atoms with Crippen LogP contribution in [0.1, 0.15) is 88.0 Å². The second kappa shape index (κ2) is 19.2. The molecule has 1 unspecified atom stereocenters. The Morgan fingerprint density at radius 2 is 1.68 bits per heavy atom. The largest absolute Gasteiger partial charge is 0.353 e. The second-order valence-corrected chi connectivity index (χ2v) is 16.3. The minimum atomic E-state index is -1.04. The summed E-state index contributed by atoms with van der Waals surface area (Å²) in [6.07, 6.45) is 13.6. The molecular formula is C43H48N8O7S. The molecule has 2 N–H and O–H groups in total. The Hall–Kier alpha value is -5.90. The van der Waals surface area contributed by atoms with Crippen LogP contribution in [0.2, 0.25) is 0 Å². The normalized spacial score (nSPS) is 18.7. The van der Waals surface area contributed by atoms with Gasteiger partial charge in [-0.15, -0.1) is 11.8 Å². The molecule has 0 saturated carbocycles. The van der Waals surface area contributed by atoms with Crippen molar-refractivity contribution in [1.82, 2.24) is 35.3 Å². The molecule has 3 saturated heterocycles. The van der Waals surface area contributed by atoms with Crippen molar-refractivity contribution in [2.24, 2.45) is 5.92 Å². The number of benzene rings is 1. The zero-order chi connectivity index (χ0) is 41.3. The Labute approximate surface area is 347 Å². The maximum atomic E-state index is 13.4. The van der Waals surface area contributed by atoms with Crippen LogP contribution < -0.4 is 15.5 Å². The molecule has 0 aliphatic carbocycles. The third-order valence-electron chi connectivity index (χ3n) is 11.3. The van der Waals surface area contributed by atoms with Gasteiger partial charge in [0.2, 0.25) is 23.6 Å². The van der Waals surface area contributed by atoms with E-state index in [-0.39, 0.29) is 48.1 Å². The lowest BCUT2D eigenvalue weighted by atomic mass is 9.91. The van der Waals surface area contributed by atoms with Gasteiger partial charge < -0.3 is 20.0 Å². The minimum absolute atomic E-state index is 0.00967. The molecule has 0 spiro atoms. The Bertz CT molecular complexity index is 2100. The molecule has 3 aromatic rings. The van der Waals surface area contributed by atoms with Crippen LogP contribution in [-0.4, -0.2) is 124 Å². The topological polar surface area (TPSA) is 182 Å². The van der Waals surface area contributed by atoms with E-state index in [0.29, 0.717) is 67.9 Å². The Morgan fingerprint density at radius 3 is 2.41 bits per heavy atom. The van der Waals surface area contributed by atoms with Crippen LogP contribution in [0.4, 0.5) is 5.82 Å². The van der Waals surface area contributed by atoms with E-state index in [1.807, 2.05) is 34.1 Å². The fourth-order valence-electron chi connectivity index (χ4n) is 7.98. The molecule has 1 aromatic carbocycles. The van der Waals surface area contributed by atoms with Gasteiger partial charge >= 0.3 is 0 Å². The molecule has 0 bridgehead atoms. The number of thioether (sulfide) groups is 1. The highest BCUT2D eigenvalue weighted by atomic mass is 32.2. The molecule has 4 aliphatic rings. The van der Waals surface area contributed by atoms with Gasteiger partial charge in [-0.2, -0.15) is 0 Å². The average Bonchev–Trinajstić information content (AvgIpc) is 3.52. The fourth-order valence-corrected chi connectivity index (χ4v) is 8.99. The van der Waals surface area contributed by atoms with Gasteiger partial charge in [-0.3, -0.25) is 48.8 Å². The molecule has 15 nitrogen and oxygen atoms in total. The lowest BCUT2D eigenvalue weighted by molar-refractivity contribution is -0.136. The molecule has 7 amide bonds. The van der Waals surface area contributed by atoms with Crippen molar-refractivity contribution < 1.29 is 33.6 Å². The van der Waals surface area contributed by atoms with Gasteiger partial charge in [0.15, 0.2) is 0 Å². The van der Waals surface area contributed by atoms with Crippen LogP contribution in [0.25, 0.3) is 6.08 Å². The Balaban J connectivity index is 0.790. The molecule has 4 aliphatic heterocycles. The molecule has 59 heavy (non-hydrogen) atoms. The van der Waals surface area contributed by atoms with Crippen LogP contribution in [0.3, 0.4) is 0 Å². The highest BCUT2D eigenvalue weighted by Gasteiger charge is 2.45. The summed E-state index contributed by atoms with van der Waals surface area (Å²) in [7, 11) is 0. The number of hydrogen-bond donors (Lipinski definition) is 2. The molecule has 7 rings (SSSR count). The number of imide groups is 2. The lowest BCUT2D eigenvalue weighted by Gasteiger charge is -2.35. The molecular weight excluding hydrogens is 773 g/mol. The lowest BCUT2D eigenvalue weighted by Crippen LogP contribution is -2.54. The third kappa shape index (κ3) is 10.0. The van der Waals surface area contributed by atoms with Gasteiger partial charge in [-0.25, -0.2) is 4.98 Å². The summed E-state index contributed by atoms with van der Waals surface area (Å²) in [5.41, 5.74) is 1.89. The zero-order valence-electron chi connectivity index (χ0n) is 32.8. The van der Waals surface area contributed by atoms with Gasteiger partial charge in [-0.05, 0) is 73.6 Å². The van der Waals surface area contributed by atoms with E-state index >= 15 is 0 Å². The first-order valence-electron chi connectivity index (χ1n) is 20.3. The summed E-state index contributed by atoms with van der Waals surface area (Å²) in [6.45, 7) is 4.30.